The predicted molar refractivity (Wildman–Crippen MR) is 78.3 cm³/mol. The third-order valence-electron chi connectivity index (χ3n) is 2.80. The number of nitrogens with zero attached hydrogens (tertiary/aromatic N) is 3. The Morgan fingerprint density at radius 2 is 1.95 bits per heavy atom. The molecule has 0 unspecified atom stereocenters. The highest BCUT2D eigenvalue weighted by Gasteiger charge is 2.14. The minimum Gasteiger partial charge on any atom is -0.389 e. The molecule has 2 N–H and O–H groups in total. The third kappa shape index (κ3) is 2.79. The molecule has 19 heavy (non-hydrogen) atoms. The summed E-state index contributed by atoms with van der Waals surface area (Å²) in [7, 11) is 3.48. The number of rotatable bonds is 3. The molecule has 5 nitrogen and oxygen atoms in total. The molecule has 0 aliphatic heterocycles. The lowest BCUT2D eigenvalue weighted by molar-refractivity contribution is 0.0993. The summed E-state index contributed by atoms with van der Waals surface area (Å²) in [6.07, 6.45) is 3.23. The molecule has 0 aliphatic carbocycles. The fourth-order valence-electron chi connectivity index (χ4n) is 1.69. The quantitative estimate of drug-likeness (QED) is 0.858. The maximum Gasteiger partial charge on any atom is 0.261 e. The van der Waals surface area contributed by atoms with Crippen LogP contribution in [0.2, 0.25) is 0 Å². The van der Waals surface area contributed by atoms with Crippen molar-refractivity contribution in [2.75, 3.05) is 11.9 Å². The van der Waals surface area contributed by atoms with E-state index in [1.807, 2.05) is 12.1 Å². The van der Waals surface area contributed by atoms with E-state index in [0.29, 0.717) is 10.6 Å². The first kappa shape index (κ1) is 13.2. The van der Waals surface area contributed by atoms with Crippen LogP contribution in [0.15, 0.2) is 36.7 Å². The summed E-state index contributed by atoms with van der Waals surface area (Å²) < 4.78 is 1.59. The lowest BCUT2D eigenvalue weighted by Gasteiger charge is -2.16. The number of hydrogen-bond acceptors (Lipinski definition) is 3. The van der Waals surface area contributed by atoms with Gasteiger partial charge in [-0.2, -0.15) is 5.10 Å². The van der Waals surface area contributed by atoms with Gasteiger partial charge in [0, 0.05) is 31.5 Å². The number of benzene rings is 1. The van der Waals surface area contributed by atoms with Gasteiger partial charge in [-0.1, -0.05) is 12.2 Å². The van der Waals surface area contributed by atoms with E-state index in [0.717, 1.165) is 11.3 Å². The lowest BCUT2D eigenvalue weighted by Crippen LogP contribution is -2.26. The van der Waals surface area contributed by atoms with Gasteiger partial charge in [0.2, 0.25) is 0 Å². The fraction of sp³-hybridized carbons (Fsp3) is 0.154. The monoisotopic (exact) mass is 274 g/mol. The van der Waals surface area contributed by atoms with E-state index < -0.39 is 0 Å². The van der Waals surface area contributed by atoms with Crippen molar-refractivity contribution in [3.8, 4) is 0 Å². The number of aromatic nitrogens is 2. The smallest absolute Gasteiger partial charge is 0.261 e. The normalized spacial score (nSPS) is 10.2. The Labute approximate surface area is 116 Å². The number of nitrogens with two attached hydrogens (primary N) is 1. The molecule has 6 heteroatoms. The van der Waals surface area contributed by atoms with E-state index in [-0.39, 0.29) is 5.91 Å². The van der Waals surface area contributed by atoms with Gasteiger partial charge in [0.05, 0.1) is 11.8 Å². The van der Waals surface area contributed by atoms with Gasteiger partial charge < -0.3 is 10.6 Å². The van der Waals surface area contributed by atoms with Crippen LogP contribution in [-0.2, 0) is 7.05 Å². The number of amides is 1. The summed E-state index contributed by atoms with van der Waals surface area (Å²) in [4.78, 5) is 14.1. The van der Waals surface area contributed by atoms with Crippen molar-refractivity contribution in [3.05, 3.63) is 47.8 Å². The number of thiocarbonyl (C=S) groups is 1. The summed E-state index contributed by atoms with van der Waals surface area (Å²) in [6, 6.07) is 7.21. The van der Waals surface area contributed by atoms with E-state index >= 15 is 0 Å². The molecule has 0 saturated carbocycles. The number of carbonyl (C=O) groups is 1. The second-order valence-electron chi connectivity index (χ2n) is 4.18. The SMILES string of the molecule is CN(C(=O)c1cnn(C)c1)c1ccc(C(N)=S)cc1. The Kier molecular flexibility index (Phi) is 3.62. The van der Waals surface area contributed by atoms with Crippen molar-refractivity contribution in [1.29, 1.82) is 0 Å². The molecule has 98 valence electrons. The first-order chi connectivity index (χ1) is 8.99. The number of anilines is 1. The van der Waals surface area contributed by atoms with Crippen LogP contribution in [0.1, 0.15) is 15.9 Å². The summed E-state index contributed by atoms with van der Waals surface area (Å²) in [5.41, 5.74) is 7.63. The van der Waals surface area contributed by atoms with Crippen LogP contribution in [0.3, 0.4) is 0 Å². The maximum absolute atomic E-state index is 12.2. The van der Waals surface area contributed by atoms with Gasteiger partial charge in [-0.25, -0.2) is 0 Å². The largest absolute Gasteiger partial charge is 0.389 e. The van der Waals surface area contributed by atoms with Gasteiger partial charge in [0.1, 0.15) is 4.99 Å². The van der Waals surface area contributed by atoms with E-state index in [4.69, 9.17) is 18.0 Å². The Balaban J connectivity index is 2.21. The molecule has 2 rings (SSSR count). The Bertz CT molecular complexity index is 618. The topological polar surface area (TPSA) is 64.2 Å². The summed E-state index contributed by atoms with van der Waals surface area (Å²) in [6.45, 7) is 0. The minimum atomic E-state index is -0.115. The maximum atomic E-state index is 12.2. The molecular formula is C13H14N4OS. The van der Waals surface area contributed by atoms with Crippen LogP contribution in [0.4, 0.5) is 5.69 Å². The van der Waals surface area contributed by atoms with Crippen molar-refractivity contribution in [2.24, 2.45) is 12.8 Å². The first-order valence-corrected chi connectivity index (χ1v) is 6.06. The van der Waals surface area contributed by atoms with Crippen LogP contribution in [0.5, 0.6) is 0 Å². The summed E-state index contributed by atoms with van der Waals surface area (Å²) in [5, 5.41) is 3.99. The van der Waals surface area contributed by atoms with Gasteiger partial charge in [-0.3, -0.25) is 9.48 Å². The van der Waals surface area contributed by atoms with Crippen molar-refractivity contribution < 1.29 is 4.79 Å². The average molecular weight is 274 g/mol. The Morgan fingerprint density at radius 3 is 2.42 bits per heavy atom. The van der Waals surface area contributed by atoms with Gasteiger partial charge in [-0.05, 0) is 24.3 Å². The highest BCUT2D eigenvalue weighted by molar-refractivity contribution is 7.80. The highest BCUT2D eigenvalue weighted by atomic mass is 32.1. The summed E-state index contributed by atoms with van der Waals surface area (Å²) >= 11 is 4.89. The standard InChI is InChI=1S/C13H14N4OS/c1-16-8-10(7-15-16)13(18)17(2)11-5-3-9(4-6-11)12(14)19/h3-8H,1-2H3,(H2,14,19). The van der Waals surface area contributed by atoms with E-state index in [9.17, 15) is 4.79 Å². The molecule has 0 saturated heterocycles. The third-order valence-corrected chi connectivity index (χ3v) is 3.03. The first-order valence-electron chi connectivity index (χ1n) is 5.65. The van der Waals surface area contributed by atoms with Crippen molar-refractivity contribution in [2.45, 2.75) is 0 Å². The zero-order valence-corrected chi connectivity index (χ0v) is 11.5. The molecule has 1 aromatic carbocycles. The van der Waals surface area contributed by atoms with Crippen LogP contribution in [0.25, 0.3) is 0 Å². The molecule has 0 aliphatic rings. The molecule has 0 fully saturated rings. The molecule has 0 radical (unpaired) electrons. The molecule has 1 aromatic heterocycles. The molecule has 2 aromatic rings. The van der Waals surface area contributed by atoms with E-state index in [1.165, 1.54) is 0 Å². The van der Waals surface area contributed by atoms with E-state index in [2.05, 4.69) is 5.10 Å². The van der Waals surface area contributed by atoms with Crippen LogP contribution in [0, 0.1) is 0 Å². The van der Waals surface area contributed by atoms with Gasteiger partial charge in [0.15, 0.2) is 0 Å². The second-order valence-corrected chi connectivity index (χ2v) is 4.62. The molecule has 1 amide bonds. The Hall–Kier alpha value is -2.21. The minimum absolute atomic E-state index is 0.115. The fourth-order valence-corrected chi connectivity index (χ4v) is 1.83. The van der Waals surface area contributed by atoms with Crippen LogP contribution in [-0.4, -0.2) is 27.7 Å². The molecule has 0 atom stereocenters. The number of hydrogen-bond donors (Lipinski definition) is 1. The van der Waals surface area contributed by atoms with Crippen LogP contribution >= 0.6 is 12.2 Å². The van der Waals surface area contributed by atoms with Crippen LogP contribution < -0.4 is 10.6 Å². The Morgan fingerprint density at radius 1 is 1.32 bits per heavy atom. The molecular weight excluding hydrogens is 260 g/mol. The molecule has 0 spiro atoms. The highest BCUT2D eigenvalue weighted by Crippen LogP contribution is 2.16. The lowest BCUT2D eigenvalue weighted by atomic mass is 10.2. The van der Waals surface area contributed by atoms with Gasteiger partial charge in [-0.15, -0.1) is 0 Å². The molecule has 0 bridgehead atoms. The van der Waals surface area contributed by atoms with Crippen molar-refractivity contribution in [1.82, 2.24) is 9.78 Å². The van der Waals surface area contributed by atoms with Crippen molar-refractivity contribution >= 4 is 28.8 Å². The zero-order chi connectivity index (χ0) is 14.0. The zero-order valence-electron chi connectivity index (χ0n) is 10.7. The summed E-state index contributed by atoms with van der Waals surface area (Å²) in [5.74, 6) is -0.115. The van der Waals surface area contributed by atoms with Gasteiger partial charge >= 0.3 is 0 Å². The number of carbonyl (C=O) groups excluding carboxylic acids is 1. The van der Waals surface area contributed by atoms with Crippen molar-refractivity contribution in [3.63, 3.8) is 0 Å². The predicted octanol–water partition coefficient (Wildman–Crippen LogP) is 1.33. The second kappa shape index (κ2) is 5.19. The number of aryl methyl sites for hydroxylation is 1. The average Bonchev–Trinajstić information content (AvgIpc) is 2.84. The van der Waals surface area contributed by atoms with E-state index in [1.54, 1.807) is 48.2 Å². The van der Waals surface area contributed by atoms with Gasteiger partial charge in [0.25, 0.3) is 5.91 Å². The molecule has 1 heterocycles.